The summed E-state index contributed by atoms with van der Waals surface area (Å²) in [5, 5.41) is 0. The normalized spacial score (nSPS) is 22.4. The number of halogens is 1. The highest BCUT2D eigenvalue weighted by atomic mass is 19.1. The molecule has 0 aromatic heterocycles. The minimum atomic E-state index is -0.199. The molecular formula is C16H25FN2O. The van der Waals surface area contributed by atoms with E-state index in [4.69, 9.17) is 10.5 Å². The van der Waals surface area contributed by atoms with E-state index < -0.39 is 0 Å². The number of hydrogen-bond acceptors (Lipinski definition) is 3. The van der Waals surface area contributed by atoms with Crippen molar-refractivity contribution in [1.82, 2.24) is 4.90 Å². The Morgan fingerprint density at radius 1 is 1.35 bits per heavy atom. The molecule has 0 radical (unpaired) electrons. The molecule has 0 aliphatic carbocycles. The van der Waals surface area contributed by atoms with Crippen molar-refractivity contribution in [2.45, 2.75) is 38.3 Å². The first-order valence-corrected chi connectivity index (χ1v) is 7.17. The highest BCUT2D eigenvalue weighted by Gasteiger charge is 2.41. The number of hydrogen-bond donors (Lipinski definition) is 1. The van der Waals surface area contributed by atoms with Crippen LogP contribution in [0.3, 0.4) is 0 Å². The lowest BCUT2D eigenvalue weighted by Gasteiger charge is -2.52. The lowest BCUT2D eigenvalue weighted by Crippen LogP contribution is -2.65. The lowest BCUT2D eigenvalue weighted by molar-refractivity contribution is -0.0984. The predicted octanol–water partition coefficient (Wildman–Crippen LogP) is 2.20. The van der Waals surface area contributed by atoms with Crippen LogP contribution in [0, 0.1) is 5.82 Å². The van der Waals surface area contributed by atoms with Gasteiger partial charge in [0, 0.05) is 24.2 Å². The summed E-state index contributed by atoms with van der Waals surface area (Å²) in [6, 6.07) is 6.71. The highest BCUT2D eigenvalue weighted by molar-refractivity contribution is 5.19. The van der Waals surface area contributed by atoms with Crippen molar-refractivity contribution in [3.8, 4) is 0 Å². The topological polar surface area (TPSA) is 38.5 Å². The second-order valence-corrected chi connectivity index (χ2v) is 6.52. The minimum Gasteiger partial charge on any atom is -0.378 e. The van der Waals surface area contributed by atoms with Crippen molar-refractivity contribution in [3.63, 3.8) is 0 Å². The zero-order valence-electron chi connectivity index (χ0n) is 12.7. The SMILES string of the molecule is CC1(C)COCCN1C(C)(CN)Cc1ccc(F)cc1. The Kier molecular flexibility index (Phi) is 4.47. The number of nitrogens with two attached hydrogens (primary N) is 1. The maximum absolute atomic E-state index is 13.0. The van der Waals surface area contributed by atoms with Crippen LogP contribution in [0.1, 0.15) is 26.3 Å². The standard InChI is InChI=1S/C16H25FN2O/c1-15(2)12-20-9-8-19(15)16(3,11-18)10-13-4-6-14(17)7-5-13/h4-7H,8-12,18H2,1-3H3. The number of nitrogens with zero attached hydrogens (tertiary/aromatic N) is 1. The molecule has 1 fully saturated rings. The van der Waals surface area contributed by atoms with Gasteiger partial charge in [0.1, 0.15) is 5.82 Å². The number of rotatable bonds is 4. The van der Waals surface area contributed by atoms with Crippen LogP contribution < -0.4 is 5.73 Å². The second-order valence-electron chi connectivity index (χ2n) is 6.52. The summed E-state index contributed by atoms with van der Waals surface area (Å²) >= 11 is 0. The maximum Gasteiger partial charge on any atom is 0.123 e. The third-order valence-corrected chi connectivity index (χ3v) is 4.23. The van der Waals surface area contributed by atoms with Crippen molar-refractivity contribution >= 4 is 0 Å². The summed E-state index contributed by atoms with van der Waals surface area (Å²) in [6.07, 6.45) is 0.813. The van der Waals surface area contributed by atoms with Crippen LogP contribution >= 0.6 is 0 Å². The van der Waals surface area contributed by atoms with Gasteiger partial charge in [-0.3, -0.25) is 4.90 Å². The van der Waals surface area contributed by atoms with Crippen LogP contribution in [-0.2, 0) is 11.2 Å². The van der Waals surface area contributed by atoms with Crippen molar-refractivity contribution in [3.05, 3.63) is 35.6 Å². The highest BCUT2D eigenvalue weighted by Crippen LogP contribution is 2.30. The molecule has 3 nitrogen and oxygen atoms in total. The van der Waals surface area contributed by atoms with E-state index >= 15 is 0 Å². The average molecular weight is 280 g/mol. The molecule has 1 saturated heterocycles. The quantitative estimate of drug-likeness (QED) is 0.919. The largest absolute Gasteiger partial charge is 0.378 e. The van der Waals surface area contributed by atoms with Gasteiger partial charge in [0.15, 0.2) is 0 Å². The van der Waals surface area contributed by atoms with Gasteiger partial charge in [0.05, 0.1) is 13.2 Å². The van der Waals surface area contributed by atoms with Gasteiger partial charge in [-0.15, -0.1) is 0 Å². The van der Waals surface area contributed by atoms with Crippen LogP contribution in [0.4, 0.5) is 4.39 Å². The van der Waals surface area contributed by atoms with Gasteiger partial charge in [0.2, 0.25) is 0 Å². The predicted molar refractivity (Wildman–Crippen MR) is 79.2 cm³/mol. The van der Waals surface area contributed by atoms with E-state index in [1.165, 1.54) is 12.1 Å². The fourth-order valence-corrected chi connectivity index (χ4v) is 3.18. The Hall–Kier alpha value is -0.970. The fraction of sp³-hybridized carbons (Fsp3) is 0.625. The van der Waals surface area contributed by atoms with Crippen LogP contribution in [-0.4, -0.2) is 42.3 Å². The van der Waals surface area contributed by atoms with Crippen LogP contribution in [0.5, 0.6) is 0 Å². The first kappa shape index (κ1) is 15.4. The zero-order valence-corrected chi connectivity index (χ0v) is 12.7. The first-order valence-electron chi connectivity index (χ1n) is 7.17. The molecule has 1 unspecified atom stereocenters. The maximum atomic E-state index is 13.0. The Balaban J connectivity index is 2.21. The molecule has 0 saturated carbocycles. The summed E-state index contributed by atoms with van der Waals surface area (Å²) < 4.78 is 18.6. The molecule has 20 heavy (non-hydrogen) atoms. The van der Waals surface area contributed by atoms with Crippen LogP contribution in [0.2, 0.25) is 0 Å². The van der Waals surface area contributed by atoms with Crippen molar-refractivity contribution < 1.29 is 9.13 Å². The Labute approximate surface area is 120 Å². The monoisotopic (exact) mass is 280 g/mol. The van der Waals surface area contributed by atoms with Gasteiger partial charge >= 0.3 is 0 Å². The molecule has 0 spiro atoms. The van der Waals surface area contributed by atoms with Gasteiger partial charge in [-0.25, -0.2) is 4.39 Å². The Bertz CT molecular complexity index is 446. The number of morpholine rings is 1. The molecule has 2 N–H and O–H groups in total. The molecule has 0 amide bonds. The minimum absolute atomic E-state index is 0.0353. The van der Waals surface area contributed by atoms with E-state index in [2.05, 4.69) is 25.7 Å². The molecule has 0 bridgehead atoms. The first-order chi connectivity index (χ1) is 9.37. The molecule has 2 rings (SSSR count). The molecule has 1 aliphatic heterocycles. The third-order valence-electron chi connectivity index (χ3n) is 4.23. The van der Waals surface area contributed by atoms with E-state index in [9.17, 15) is 4.39 Å². The molecule has 1 atom stereocenters. The Morgan fingerprint density at radius 3 is 2.55 bits per heavy atom. The van der Waals surface area contributed by atoms with Gasteiger partial charge in [-0.05, 0) is 44.9 Å². The summed E-state index contributed by atoms with van der Waals surface area (Å²) in [7, 11) is 0. The molecule has 1 aromatic carbocycles. The number of ether oxygens (including phenoxy) is 1. The van der Waals surface area contributed by atoms with Crippen molar-refractivity contribution in [1.29, 1.82) is 0 Å². The average Bonchev–Trinajstić information content (AvgIpc) is 2.41. The summed E-state index contributed by atoms with van der Waals surface area (Å²) in [6.45, 7) is 9.45. The summed E-state index contributed by atoms with van der Waals surface area (Å²) in [4.78, 5) is 2.44. The van der Waals surface area contributed by atoms with E-state index in [1.807, 2.05) is 12.1 Å². The smallest absolute Gasteiger partial charge is 0.123 e. The van der Waals surface area contributed by atoms with Crippen LogP contribution in [0.15, 0.2) is 24.3 Å². The van der Waals surface area contributed by atoms with E-state index in [1.54, 1.807) is 0 Å². The molecular weight excluding hydrogens is 255 g/mol. The van der Waals surface area contributed by atoms with Gasteiger partial charge in [-0.2, -0.15) is 0 Å². The molecule has 1 aliphatic rings. The molecule has 112 valence electrons. The zero-order chi connectivity index (χ0) is 14.8. The van der Waals surface area contributed by atoms with Crippen molar-refractivity contribution in [2.24, 2.45) is 5.73 Å². The van der Waals surface area contributed by atoms with Gasteiger partial charge < -0.3 is 10.5 Å². The van der Waals surface area contributed by atoms with E-state index in [0.29, 0.717) is 13.2 Å². The van der Waals surface area contributed by atoms with E-state index in [0.717, 1.165) is 25.1 Å². The van der Waals surface area contributed by atoms with Gasteiger partial charge in [0.25, 0.3) is 0 Å². The Morgan fingerprint density at radius 2 is 2.00 bits per heavy atom. The van der Waals surface area contributed by atoms with Gasteiger partial charge in [-0.1, -0.05) is 12.1 Å². The summed E-state index contributed by atoms with van der Waals surface area (Å²) in [5.41, 5.74) is 7.01. The molecule has 4 heteroatoms. The number of benzene rings is 1. The molecule has 1 aromatic rings. The van der Waals surface area contributed by atoms with E-state index in [-0.39, 0.29) is 16.9 Å². The van der Waals surface area contributed by atoms with Crippen LogP contribution in [0.25, 0.3) is 0 Å². The second kappa shape index (κ2) is 5.80. The summed E-state index contributed by atoms with van der Waals surface area (Å²) in [5.74, 6) is -0.199. The lowest BCUT2D eigenvalue weighted by atomic mass is 9.85. The fourth-order valence-electron chi connectivity index (χ4n) is 3.18. The van der Waals surface area contributed by atoms with Crippen molar-refractivity contribution in [2.75, 3.05) is 26.3 Å². The molecule has 1 heterocycles. The third kappa shape index (κ3) is 3.19.